The van der Waals surface area contributed by atoms with Gasteiger partial charge in [-0.15, -0.1) is 11.3 Å². The predicted octanol–water partition coefficient (Wildman–Crippen LogP) is 4.84. The molecule has 33 heavy (non-hydrogen) atoms. The second-order valence-corrected chi connectivity index (χ2v) is 10.2. The molecule has 0 amide bonds. The maximum atomic E-state index is 6.41. The number of aryl methyl sites for hydroxylation is 1. The van der Waals surface area contributed by atoms with Crippen molar-refractivity contribution in [3.8, 4) is 11.5 Å². The third kappa shape index (κ3) is 3.28. The Hall–Kier alpha value is -2.77. The molecule has 3 saturated heterocycles. The largest absolute Gasteiger partial charge is 0.497 e. The third-order valence-electron chi connectivity index (χ3n) is 7.53. The van der Waals surface area contributed by atoms with Crippen LogP contribution in [0.15, 0.2) is 46.9 Å². The van der Waals surface area contributed by atoms with Gasteiger partial charge >= 0.3 is 0 Å². The fraction of sp³-hybridized carbons (Fsp3) is 0.423. The van der Waals surface area contributed by atoms with Gasteiger partial charge in [0.1, 0.15) is 11.5 Å². The van der Waals surface area contributed by atoms with Crippen molar-refractivity contribution >= 4 is 27.3 Å². The van der Waals surface area contributed by atoms with Gasteiger partial charge in [0.2, 0.25) is 5.72 Å². The second-order valence-electron chi connectivity index (χ2n) is 9.29. The molecule has 0 aliphatic carbocycles. The van der Waals surface area contributed by atoms with Gasteiger partial charge < -0.3 is 19.2 Å². The summed E-state index contributed by atoms with van der Waals surface area (Å²) < 4.78 is 12.4. The first-order valence-corrected chi connectivity index (χ1v) is 12.4. The molecule has 1 spiro atoms. The molecule has 172 valence electrons. The molecule has 2 aromatic carbocycles. The van der Waals surface area contributed by atoms with Crippen molar-refractivity contribution in [2.24, 2.45) is 11.1 Å². The Bertz CT molecular complexity index is 1230. The molecule has 4 aliphatic rings. The summed E-state index contributed by atoms with van der Waals surface area (Å²) in [6, 6.07) is 12.7. The fourth-order valence-electron chi connectivity index (χ4n) is 5.67. The van der Waals surface area contributed by atoms with Gasteiger partial charge in [-0.2, -0.15) is 0 Å². The Morgan fingerprint density at radius 2 is 1.97 bits per heavy atom. The fourth-order valence-corrected chi connectivity index (χ4v) is 6.65. The van der Waals surface area contributed by atoms with E-state index in [9.17, 15) is 0 Å². The van der Waals surface area contributed by atoms with E-state index >= 15 is 0 Å². The number of methoxy groups -OCH3 is 2. The van der Waals surface area contributed by atoms with E-state index in [-0.39, 0.29) is 0 Å². The van der Waals surface area contributed by atoms with Crippen molar-refractivity contribution in [1.82, 2.24) is 9.80 Å². The Kier molecular flexibility index (Phi) is 4.99. The molecule has 0 N–H and O–H groups in total. The molecule has 1 atom stereocenters. The number of piperidine rings is 3. The number of hydrogen-bond acceptors (Lipinski definition) is 7. The molecule has 3 aromatic rings. The van der Waals surface area contributed by atoms with Crippen molar-refractivity contribution < 1.29 is 14.3 Å². The summed E-state index contributed by atoms with van der Waals surface area (Å²) in [5.74, 6) is 2.98. The van der Waals surface area contributed by atoms with Gasteiger partial charge in [0.05, 0.1) is 27.3 Å². The molecule has 0 unspecified atom stereocenters. The van der Waals surface area contributed by atoms with Gasteiger partial charge in [-0.1, -0.05) is 17.3 Å². The van der Waals surface area contributed by atoms with Crippen molar-refractivity contribution in [2.75, 3.05) is 33.9 Å². The number of ether oxygens (including phenoxy) is 2. The highest BCUT2D eigenvalue weighted by Gasteiger charge is 2.57. The SMILES string of the molecule is COc1ccc(CN2C(c3ccc4c(C)csc4c3)=NO[C@@]23CN2CCC3CC2)c(OC)c1. The van der Waals surface area contributed by atoms with E-state index in [1.165, 1.54) is 15.6 Å². The molecule has 2 bridgehead atoms. The van der Waals surface area contributed by atoms with Crippen LogP contribution in [0, 0.1) is 12.8 Å². The smallest absolute Gasteiger partial charge is 0.227 e. The molecule has 3 fully saturated rings. The normalized spacial score (nSPS) is 26.0. The van der Waals surface area contributed by atoms with Crippen LogP contribution in [0.3, 0.4) is 0 Å². The van der Waals surface area contributed by atoms with E-state index in [2.05, 4.69) is 46.4 Å². The average Bonchev–Trinajstić information content (AvgIpc) is 3.40. The molecular weight excluding hydrogens is 434 g/mol. The van der Waals surface area contributed by atoms with Gasteiger partial charge in [-0.3, -0.25) is 4.90 Å². The van der Waals surface area contributed by atoms with E-state index < -0.39 is 5.72 Å². The van der Waals surface area contributed by atoms with Gasteiger partial charge in [0.25, 0.3) is 0 Å². The van der Waals surface area contributed by atoms with E-state index in [1.54, 1.807) is 25.6 Å². The summed E-state index contributed by atoms with van der Waals surface area (Å²) in [6.45, 7) is 6.00. The summed E-state index contributed by atoms with van der Waals surface area (Å²) in [4.78, 5) is 11.3. The predicted molar refractivity (Wildman–Crippen MR) is 131 cm³/mol. The van der Waals surface area contributed by atoms with E-state index in [0.717, 1.165) is 60.9 Å². The molecule has 7 heteroatoms. The van der Waals surface area contributed by atoms with Crippen LogP contribution in [0.1, 0.15) is 29.5 Å². The van der Waals surface area contributed by atoms with E-state index in [1.807, 2.05) is 12.1 Å². The Morgan fingerprint density at radius 3 is 2.70 bits per heavy atom. The Morgan fingerprint density at radius 1 is 1.12 bits per heavy atom. The standard InChI is InChI=1S/C26H29N3O3S/c1-17-15-33-24-12-18(5-7-22(17)24)25-27-32-26(16-28-10-8-20(26)9-11-28)29(25)14-19-4-6-21(30-2)13-23(19)31-3/h4-7,12-13,15,20H,8-11,14,16H2,1-3H3/t26-/m1/s1. The van der Waals surface area contributed by atoms with Gasteiger partial charge in [-0.05, 0) is 67.4 Å². The summed E-state index contributed by atoms with van der Waals surface area (Å²) >= 11 is 1.78. The number of thiophene rings is 1. The van der Waals surface area contributed by atoms with Crippen LogP contribution in [-0.2, 0) is 11.4 Å². The van der Waals surface area contributed by atoms with Crippen molar-refractivity contribution in [1.29, 1.82) is 0 Å². The lowest BCUT2D eigenvalue weighted by atomic mass is 9.79. The molecule has 4 aliphatic heterocycles. The molecule has 5 heterocycles. The first kappa shape index (κ1) is 20.8. The van der Waals surface area contributed by atoms with Gasteiger partial charge in [-0.25, -0.2) is 0 Å². The zero-order chi connectivity index (χ0) is 22.6. The summed E-state index contributed by atoms with van der Waals surface area (Å²) in [7, 11) is 3.39. The highest BCUT2D eigenvalue weighted by Crippen LogP contribution is 2.46. The topological polar surface area (TPSA) is 46.5 Å². The molecule has 7 rings (SSSR count). The van der Waals surface area contributed by atoms with Crippen molar-refractivity contribution in [3.05, 3.63) is 58.5 Å². The minimum absolute atomic E-state index is 0.433. The average molecular weight is 464 g/mol. The van der Waals surface area contributed by atoms with Crippen LogP contribution >= 0.6 is 11.3 Å². The van der Waals surface area contributed by atoms with Crippen LogP contribution in [0.2, 0.25) is 0 Å². The minimum atomic E-state index is -0.433. The first-order valence-electron chi connectivity index (χ1n) is 11.6. The molecule has 0 radical (unpaired) electrons. The number of amidine groups is 1. The summed E-state index contributed by atoms with van der Waals surface area (Å²) in [5, 5.41) is 8.27. The number of oxime groups is 1. The quantitative estimate of drug-likeness (QED) is 0.542. The Labute approximate surface area is 198 Å². The first-order chi connectivity index (χ1) is 16.1. The summed E-state index contributed by atoms with van der Waals surface area (Å²) in [6.07, 6.45) is 2.28. The highest BCUT2D eigenvalue weighted by atomic mass is 32.1. The van der Waals surface area contributed by atoms with E-state index in [0.29, 0.717) is 12.5 Å². The van der Waals surface area contributed by atoms with Crippen molar-refractivity contribution in [3.63, 3.8) is 0 Å². The molecule has 0 saturated carbocycles. The monoisotopic (exact) mass is 463 g/mol. The second kappa shape index (κ2) is 7.92. The van der Waals surface area contributed by atoms with Crippen molar-refractivity contribution in [2.45, 2.75) is 32.0 Å². The molecule has 1 aromatic heterocycles. The van der Waals surface area contributed by atoms with Crippen LogP contribution in [0.25, 0.3) is 10.1 Å². The number of fused-ring (bicyclic) bond motifs is 3. The van der Waals surface area contributed by atoms with Crippen LogP contribution in [-0.4, -0.2) is 55.2 Å². The summed E-state index contributed by atoms with van der Waals surface area (Å²) in [5.41, 5.74) is 3.09. The van der Waals surface area contributed by atoms with Crippen LogP contribution < -0.4 is 9.47 Å². The molecule has 6 nitrogen and oxygen atoms in total. The maximum Gasteiger partial charge on any atom is 0.227 e. The van der Waals surface area contributed by atoms with Crippen LogP contribution in [0.4, 0.5) is 0 Å². The lowest BCUT2D eigenvalue weighted by Gasteiger charge is -2.53. The number of nitrogens with zero attached hydrogens (tertiary/aromatic N) is 3. The Balaban J connectivity index is 1.42. The lowest BCUT2D eigenvalue weighted by Crippen LogP contribution is -2.66. The number of hydrogen-bond donors (Lipinski definition) is 0. The minimum Gasteiger partial charge on any atom is -0.497 e. The van der Waals surface area contributed by atoms with Crippen LogP contribution in [0.5, 0.6) is 11.5 Å². The highest BCUT2D eigenvalue weighted by molar-refractivity contribution is 7.17. The zero-order valence-corrected chi connectivity index (χ0v) is 20.2. The molecular formula is C26H29N3O3S. The zero-order valence-electron chi connectivity index (χ0n) is 19.3. The van der Waals surface area contributed by atoms with Gasteiger partial charge in [0.15, 0.2) is 5.84 Å². The van der Waals surface area contributed by atoms with Gasteiger partial charge in [0, 0.05) is 27.8 Å². The maximum absolute atomic E-state index is 6.41. The number of rotatable bonds is 5. The number of benzene rings is 2. The van der Waals surface area contributed by atoms with E-state index in [4.69, 9.17) is 19.5 Å². The lowest BCUT2D eigenvalue weighted by molar-refractivity contribution is -0.198. The third-order valence-corrected chi connectivity index (χ3v) is 8.59.